The zero-order valence-electron chi connectivity index (χ0n) is 3.27. The van der Waals surface area contributed by atoms with Gasteiger partial charge in [-0.3, -0.25) is 0 Å². The van der Waals surface area contributed by atoms with Crippen LogP contribution in [0.5, 0.6) is 0 Å². The number of hydrogen-bond acceptors (Lipinski definition) is 1. The van der Waals surface area contributed by atoms with Crippen molar-refractivity contribution >= 4 is 12.6 Å². The fourth-order valence-electron chi connectivity index (χ4n) is 0.0962. The fourth-order valence-corrected chi connectivity index (χ4v) is 0.289. The third-order valence-corrected chi connectivity index (χ3v) is 0.524. The summed E-state index contributed by atoms with van der Waals surface area (Å²) in [6.45, 7) is 2.06. The summed E-state index contributed by atoms with van der Waals surface area (Å²) in [7, 11) is 0. The Bertz CT molecular complexity index is 30.6. The maximum atomic E-state index is 4.47. The van der Waals surface area contributed by atoms with Crippen molar-refractivity contribution in [2.45, 2.75) is 13.3 Å². The Morgan fingerprint density at radius 1 is 1.80 bits per heavy atom. The van der Waals surface area contributed by atoms with E-state index in [0.29, 0.717) is 0 Å². The Morgan fingerprint density at radius 3 is 2.40 bits per heavy atom. The van der Waals surface area contributed by atoms with Gasteiger partial charge >= 0.3 is 0 Å². The van der Waals surface area contributed by atoms with Crippen molar-refractivity contribution in [2.24, 2.45) is 0 Å². The van der Waals surface area contributed by atoms with Crippen LogP contribution in [0.3, 0.4) is 0 Å². The monoisotopic (exact) mass is 87.0 g/mol. The van der Waals surface area contributed by atoms with Crippen LogP contribution in [0, 0.1) is 0 Å². The van der Waals surface area contributed by atoms with Gasteiger partial charge in [-0.05, 0) is 6.42 Å². The van der Waals surface area contributed by atoms with Crippen LogP contribution in [0.4, 0.5) is 0 Å². The predicted octanol–water partition coefficient (Wildman–Crippen LogP) is 1.46. The summed E-state index contributed by atoms with van der Waals surface area (Å²) in [6, 6.07) is 0. The van der Waals surface area contributed by atoms with Gasteiger partial charge in [-0.2, -0.15) is 0 Å². The quantitative estimate of drug-likeness (QED) is 0.436. The maximum Gasteiger partial charge on any atom is -0.0396 e. The topological polar surface area (TPSA) is 0 Å². The van der Waals surface area contributed by atoms with Crippen LogP contribution in [-0.4, -0.2) is 0 Å². The minimum atomic E-state index is 1.06. The van der Waals surface area contributed by atoms with E-state index in [4.69, 9.17) is 0 Å². The molecular formula is C4H7S-. The first-order valence-corrected chi connectivity index (χ1v) is 2.16. The second-order valence-electron chi connectivity index (χ2n) is 0.780. The molecule has 0 atom stereocenters. The highest BCUT2D eigenvalue weighted by molar-refractivity contribution is 7.62. The smallest absolute Gasteiger partial charge is 0.0396 e. The molecule has 0 amide bonds. The van der Waals surface area contributed by atoms with Crippen molar-refractivity contribution in [3.63, 3.8) is 0 Å². The van der Waals surface area contributed by atoms with Crippen LogP contribution >= 0.6 is 0 Å². The Kier molecular flexibility index (Phi) is 3.93. The van der Waals surface area contributed by atoms with Crippen molar-refractivity contribution < 1.29 is 0 Å². The first-order valence-electron chi connectivity index (χ1n) is 1.68. The van der Waals surface area contributed by atoms with E-state index in [-0.39, 0.29) is 0 Å². The van der Waals surface area contributed by atoms with Gasteiger partial charge in [0.1, 0.15) is 0 Å². The van der Waals surface area contributed by atoms with E-state index in [2.05, 4.69) is 19.6 Å². The highest BCUT2D eigenvalue weighted by Crippen LogP contribution is 1.72. The lowest BCUT2D eigenvalue weighted by atomic mass is 10.5. The van der Waals surface area contributed by atoms with Gasteiger partial charge in [-0.25, -0.2) is 5.41 Å². The standard InChI is InChI=1S/C4H8S/c1-2-3-4-5/h3-5H,2H2,1H3/p-1/b4-3-. The molecule has 0 aliphatic carbocycles. The number of rotatable bonds is 1. The molecule has 0 N–H and O–H groups in total. The van der Waals surface area contributed by atoms with Crippen LogP contribution < -0.4 is 0 Å². The molecule has 1 heteroatoms. The van der Waals surface area contributed by atoms with Crippen LogP contribution in [-0.2, 0) is 12.6 Å². The molecule has 0 heterocycles. The summed E-state index contributed by atoms with van der Waals surface area (Å²) in [6.07, 6.45) is 3.00. The van der Waals surface area contributed by atoms with Crippen molar-refractivity contribution in [1.29, 1.82) is 0 Å². The van der Waals surface area contributed by atoms with Crippen molar-refractivity contribution in [3.05, 3.63) is 11.5 Å². The van der Waals surface area contributed by atoms with E-state index >= 15 is 0 Å². The molecule has 0 fully saturated rings. The van der Waals surface area contributed by atoms with Crippen LogP contribution in [0.1, 0.15) is 13.3 Å². The molecular weight excluding hydrogens is 80.1 g/mol. The number of hydrogen-bond donors (Lipinski definition) is 0. The zero-order chi connectivity index (χ0) is 4.12. The lowest BCUT2D eigenvalue weighted by Gasteiger charge is -1.80. The molecule has 0 spiro atoms. The molecule has 0 bridgehead atoms. The molecule has 0 aliphatic rings. The molecule has 0 nitrogen and oxygen atoms in total. The number of allylic oxidation sites excluding steroid dienone is 1. The van der Waals surface area contributed by atoms with Crippen LogP contribution in [0.15, 0.2) is 11.5 Å². The average Bonchev–Trinajstić information content (AvgIpc) is 1.41. The minimum absolute atomic E-state index is 1.06. The first kappa shape index (κ1) is 4.96. The van der Waals surface area contributed by atoms with Gasteiger partial charge in [0.25, 0.3) is 0 Å². The molecule has 0 rings (SSSR count). The molecule has 0 aromatic heterocycles. The van der Waals surface area contributed by atoms with Gasteiger partial charge in [-0.1, -0.05) is 6.92 Å². The normalized spacial score (nSPS) is 9.80. The lowest BCUT2D eigenvalue weighted by molar-refractivity contribution is 1.23. The summed E-state index contributed by atoms with van der Waals surface area (Å²) in [5, 5.41) is 1.64. The van der Waals surface area contributed by atoms with Gasteiger partial charge < -0.3 is 12.6 Å². The van der Waals surface area contributed by atoms with Gasteiger partial charge in [0.15, 0.2) is 0 Å². The van der Waals surface area contributed by atoms with Crippen molar-refractivity contribution in [2.75, 3.05) is 0 Å². The van der Waals surface area contributed by atoms with Crippen molar-refractivity contribution in [3.8, 4) is 0 Å². The second kappa shape index (κ2) is 3.96. The van der Waals surface area contributed by atoms with Crippen LogP contribution in [0.2, 0.25) is 0 Å². The lowest BCUT2D eigenvalue weighted by Crippen LogP contribution is -1.44. The first-order chi connectivity index (χ1) is 2.41. The second-order valence-corrected chi connectivity index (χ2v) is 1.05. The third kappa shape index (κ3) is 3.96. The summed E-state index contributed by atoms with van der Waals surface area (Å²) in [4.78, 5) is 0. The van der Waals surface area contributed by atoms with Crippen molar-refractivity contribution in [1.82, 2.24) is 0 Å². The van der Waals surface area contributed by atoms with Gasteiger partial charge in [0.2, 0.25) is 0 Å². The summed E-state index contributed by atoms with van der Waals surface area (Å²) in [5.41, 5.74) is 0. The predicted molar refractivity (Wildman–Crippen MR) is 26.8 cm³/mol. The van der Waals surface area contributed by atoms with Gasteiger partial charge in [0.05, 0.1) is 0 Å². The molecule has 0 aromatic rings. The molecule has 30 valence electrons. The zero-order valence-corrected chi connectivity index (χ0v) is 4.09. The maximum absolute atomic E-state index is 4.47. The molecule has 0 saturated heterocycles. The van der Waals surface area contributed by atoms with E-state index in [9.17, 15) is 0 Å². The van der Waals surface area contributed by atoms with E-state index in [1.165, 1.54) is 0 Å². The molecule has 0 aliphatic heterocycles. The van der Waals surface area contributed by atoms with Gasteiger partial charge in [0, 0.05) is 0 Å². The molecule has 5 heavy (non-hydrogen) atoms. The minimum Gasteiger partial charge on any atom is -0.788 e. The van der Waals surface area contributed by atoms with Crippen LogP contribution in [0.25, 0.3) is 0 Å². The molecule has 0 unspecified atom stereocenters. The average molecular weight is 87.2 g/mol. The SMILES string of the molecule is CC/C=C\[S-]. The Hall–Kier alpha value is -0.0400. The van der Waals surface area contributed by atoms with Gasteiger partial charge in [-0.15, -0.1) is 6.08 Å². The molecule has 0 saturated carbocycles. The van der Waals surface area contributed by atoms with E-state index < -0.39 is 0 Å². The van der Waals surface area contributed by atoms with E-state index in [1.54, 1.807) is 5.41 Å². The Morgan fingerprint density at radius 2 is 2.40 bits per heavy atom. The highest BCUT2D eigenvalue weighted by Gasteiger charge is 1.47. The Balaban J connectivity index is 2.62. The Labute approximate surface area is 38.3 Å². The fraction of sp³-hybridized carbons (Fsp3) is 0.500. The molecule has 0 aromatic carbocycles. The third-order valence-electron chi connectivity index (χ3n) is 0.332. The summed E-state index contributed by atoms with van der Waals surface area (Å²) in [5.74, 6) is 0. The van der Waals surface area contributed by atoms with E-state index in [0.717, 1.165) is 6.42 Å². The highest BCUT2D eigenvalue weighted by atomic mass is 32.1. The summed E-state index contributed by atoms with van der Waals surface area (Å²) < 4.78 is 0. The van der Waals surface area contributed by atoms with E-state index in [1.807, 2.05) is 6.08 Å². The summed E-state index contributed by atoms with van der Waals surface area (Å²) >= 11 is 4.47. The molecule has 0 radical (unpaired) electrons. The largest absolute Gasteiger partial charge is 0.788 e.